The first kappa shape index (κ1) is 15.3. The van der Waals surface area contributed by atoms with E-state index >= 15 is 0 Å². The molecule has 2 aromatic heterocycles. The van der Waals surface area contributed by atoms with E-state index < -0.39 is 5.97 Å². The maximum Gasteiger partial charge on any atom is 0.313 e. The number of thiophene rings is 1. The predicted molar refractivity (Wildman–Crippen MR) is 81.9 cm³/mol. The van der Waals surface area contributed by atoms with Gasteiger partial charge in [0.25, 0.3) is 0 Å². The monoisotopic (exact) mass is 347 g/mol. The number of aliphatic carboxylic acids is 1. The summed E-state index contributed by atoms with van der Waals surface area (Å²) in [5.41, 5.74) is 0. The van der Waals surface area contributed by atoms with Gasteiger partial charge in [-0.2, -0.15) is 0 Å². The van der Waals surface area contributed by atoms with Gasteiger partial charge in [-0.3, -0.25) is 14.9 Å². The van der Waals surface area contributed by atoms with E-state index in [0.29, 0.717) is 15.2 Å². The topological polar surface area (TPSA) is 92.2 Å². The van der Waals surface area contributed by atoms with Crippen LogP contribution in [0.2, 0.25) is 0 Å². The molecule has 0 aliphatic rings. The fraction of sp³-hybridized carbons (Fsp3) is 0.200. The number of carboxylic acids is 1. The maximum absolute atomic E-state index is 11.7. The molecule has 0 unspecified atom stereocenters. The Hall–Kier alpha value is -1.10. The lowest BCUT2D eigenvalue weighted by Gasteiger charge is -1.99. The first-order chi connectivity index (χ1) is 9.63. The molecule has 0 saturated carbocycles. The molecule has 0 atom stereocenters. The second kappa shape index (κ2) is 7.62. The molecule has 20 heavy (non-hydrogen) atoms. The molecule has 0 saturated heterocycles. The largest absolute Gasteiger partial charge is 0.481 e. The van der Waals surface area contributed by atoms with Gasteiger partial charge in [0.05, 0.1) is 15.7 Å². The second-order valence-electron chi connectivity index (χ2n) is 3.32. The number of rotatable bonds is 7. The normalized spacial score (nSPS) is 10.4. The molecule has 2 aromatic rings. The van der Waals surface area contributed by atoms with Crippen molar-refractivity contribution in [2.24, 2.45) is 0 Å². The number of carbonyl (C=O) groups is 2. The summed E-state index contributed by atoms with van der Waals surface area (Å²) in [4.78, 5) is 22.1. The molecule has 0 bridgehead atoms. The molecule has 1 amide bonds. The molecule has 2 rings (SSSR count). The summed E-state index contributed by atoms with van der Waals surface area (Å²) in [7, 11) is 0. The number of thioether (sulfide) groups is 2. The zero-order valence-electron chi connectivity index (χ0n) is 9.94. The van der Waals surface area contributed by atoms with Crippen LogP contribution < -0.4 is 5.32 Å². The van der Waals surface area contributed by atoms with Gasteiger partial charge in [-0.25, -0.2) is 0 Å². The first-order valence-electron chi connectivity index (χ1n) is 5.28. The van der Waals surface area contributed by atoms with E-state index in [4.69, 9.17) is 5.11 Å². The Balaban J connectivity index is 1.77. The summed E-state index contributed by atoms with van der Waals surface area (Å²) in [6, 6.07) is 3.88. The number of carboxylic acid groups (broad SMARTS) is 1. The van der Waals surface area contributed by atoms with Crippen LogP contribution in [0.25, 0.3) is 0 Å². The highest BCUT2D eigenvalue weighted by molar-refractivity contribution is 8.02. The zero-order valence-corrected chi connectivity index (χ0v) is 13.2. The van der Waals surface area contributed by atoms with E-state index in [2.05, 4.69) is 15.5 Å². The van der Waals surface area contributed by atoms with Crippen LogP contribution >= 0.6 is 46.2 Å². The van der Waals surface area contributed by atoms with Gasteiger partial charge < -0.3 is 5.11 Å². The van der Waals surface area contributed by atoms with Crippen molar-refractivity contribution in [1.82, 2.24) is 10.2 Å². The van der Waals surface area contributed by atoms with Crippen molar-refractivity contribution in [3.05, 3.63) is 17.5 Å². The van der Waals surface area contributed by atoms with Crippen LogP contribution in [0.1, 0.15) is 0 Å². The summed E-state index contributed by atoms with van der Waals surface area (Å²) in [5.74, 6) is -0.841. The highest BCUT2D eigenvalue weighted by atomic mass is 32.2. The standard InChI is InChI=1S/C10H9N3O3S4/c14-6(4-18-8-2-1-3-17-8)11-9-12-13-10(20-9)19-5-7(15)16/h1-3H,4-5H2,(H,15,16)(H,11,12,14). The first-order valence-corrected chi connectivity index (χ1v) is 8.94. The van der Waals surface area contributed by atoms with Gasteiger partial charge in [0.15, 0.2) is 4.34 Å². The fourth-order valence-electron chi connectivity index (χ4n) is 1.08. The molecule has 106 valence electrons. The third-order valence-electron chi connectivity index (χ3n) is 1.81. The molecule has 0 aliphatic carbocycles. The third kappa shape index (κ3) is 5.12. The minimum absolute atomic E-state index is 0.0726. The highest BCUT2D eigenvalue weighted by Gasteiger charge is 2.10. The molecule has 2 N–H and O–H groups in total. The number of aromatic nitrogens is 2. The molecule has 0 radical (unpaired) electrons. The smallest absolute Gasteiger partial charge is 0.313 e. The quantitative estimate of drug-likeness (QED) is 0.587. The Labute approximate surface area is 131 Å². The van der Waals surface area contributed by atoms with Crippen molar-refractivity contribution < 1.29 is 14.7 Å². The Morgan fingerprint density at radius 3 is 2.85 bits per heavy atom. The number of amides is 1. The van der Waals surface area contributed by atoms with E-state index in [0.717, 1.165) is 16.0 Å². The van der Waals surface area contributed by atoms with Crippen LogP contribution in [-0.4, -0.2) is 38.7 Å². The van der Waals surface area contributed by atoms with Gasteiger partial charge in [-0.05, 0) is 11.4 Å². The predicted octanol–water partition coefficient (Wildman–Crippen LogP) is 2.51. The molecule has 0 aromatic carbocycles. The Bertz CT molecular complexity index is 584. The lowest BCUT2D eigenvalue weighted by molar-refractivity contribution is -0.133. The molecule has 2 heterocycles. The molecular weight excluding hydrogens is 338 g/mol. The lowest BCUT2D eigenvalue weighted by atomic mass is 10.7. The molecule has 0 aliphatic heterocycles. The van der Waals surface area contributed by atoms with Crippen molar-refractivity contribution in [3.8, 4) is 0 Å². The SMILES string of the molecule is O=C(O)CSc1nnc(NC(=O)CSc2cccs2)s1. The summed E-state index contributed by atoms with van der Waals surface area (Å²) in [6.07, 6.45) is 0. The number of nitrogens with zero attached hydrogens (tertiary/aromatic N) is 2. The molecule has 6 nitrogen and oxygen atoms in total. The van der Waals surface area contributed by atoms with E-state index in [1.165, 1.54) is 23.1 Å². The number of hydrogen-bond donors (Lipinski definition) is 2. The van der Waals surface area contributed by atoms with Gasteiger partial charge in [0.2, 0.25) is 11.0 Å². The second-order valence-corrected chi connectivity index (χ2v) is 7.75. The van der Waals surface area contributed by atoms with E-state index in [9.17, 15) is 9.59 Å². The van der Waals surface area contributed by atoms with Crippen molar-refractivity contribution in [2.45, 2.75) is 8.55 Å². The van der Waals surface area contributed by atoms with Crippen LogP contribution in [0.4, 0.5) is 5.13 Å². The number of hydrogen-bond acceptors (Lipinski definition) is 8. The summed E-state index contributed by atoms with van der Waals surface area (Å²) >= 11 is 5.28. The van der Waals surface area contributed by atoms with E-state index in [1.807, 2.05) is 17.5 Å². The van der Waals surface area contributed by atoms with Gasteiger partial charge in [-0.15, -0.1) is 33.3 Å². The highest BCUT2D eigenvalue weighted by Crippen LogP contribution is 2.26. The van der Waals surface area contributed by atoms with Crippen LogP contribution in [0, 0.1) is 0 Å². The van der Waals surface area contributed by atoms with Crippen LogP contribution in [0.3, 0.4) is 0 Å². The Morgan fingerprint density at radius 1 is 1.30 bits per heavy atom. The third-order valence-corrected chi connectivity index (χ3v) is 5.90. The lowest BCUT2D eigenvalue weighted by Crippen LogP contribution is -2.13. The molecule has 0 spiro atoms. The van der Waals surface area contributed by atoms with Gasteiger partial charge >= 0.3 is 5.97 Å². The Morgan fingerprint density at radius 2 is 2.15 bits per heavy atom. The van der Waals surface area contributed by atoms with Crippen molar-refractivity contribution >= 4 is 63.2 Å². The average molecular weight is 347 g/mol. The minimum atomic E-state index is -0.914. The van der Waals surface area contributed by atoms with Crippen LogP contribution in [0.15, 0.2) is 26.1 Å². The number of nitrogens with one attached hydrogen (secondary N) is 1. The van der Waals surface area contributed by atoms with Gasteiger partial charge in [0, 0.05) is 0 Å². The fourth-order valence-corrected chi connectivity index (χ4v) is 4.15. The van der Waals surface area contributed by atoms with Crippen LogP contribution in [-0.2, 0) is 9.59 Å². The zero-order chi connectivity index (χ0) is 14.4. The average Bonchev–Trinajstić information content (AvgIpc) is 3.05. The maximum atomic E-state index is 11.7. The number of anilines is 1. The number of carbonyl (C=O) groups excluding carboxylic acids is 1. The van der Waals surface area contributed by atoms with Gasteiger partial charge in [0.1, 0.15) is 0 Å². The minimum Gasteiger partial charge on any atom is -0.481 e. The van der Waals surface area contributed by atoms with Crippen molar-refractivity contribution in [3.63, 3.8) is 0 Å². The van der Waals surface area contributed by atoms with E-state index in [-0.39, 0.29) is 11.7 Å². The molecule has 0 fully saturated rings. The van der Waals surface area contributed by atoms with Gasteiger partial charge in [-0.1, -0.05) is 29.2 Å². The van der Waals surface area contributed by atoms with E-state index in [1.54, 1.807) is 11.3 Å². The summed E-state index contributed by atoms with van der Waals surface area (Å²) < 4.78 is 1.60. The Kier molecular flexibility index (Phi) is 5.83. The van der Waals surface area contributed by atoms with Crippen molar-refractivity contribution in [2.75, 3.05) is 16.8 Å². The van der Waals surface area contributed by atoms with Crippen LogP contribution in [0.5, 0.6) is 0 Å². The summed E-state index contributed by atoms with van der Waals surface area (Å²) in [6.45, 7) is 0. The molecule has 10 heteroatoms. The summed E-state index contributed by atoms with van der Waals surface area (Å²) in [5, 5.41) is 21.1. The molecular formula is C10H9N3O3S4. The van der Waals surface area contributed by atoms with Crippen molar-refractivity contribution in [1.29, 1.82) is 0 Å².